The van der Waals surface area contributed by atoms with E-state index in [-0.39, 0.29) is 5.91 Å². The van der Waals surface area contributed by atoms with E-state index in [1.165, 1.54) is 29.7 Å². The van der Waals surface area contributed by atoms with Crippen LogP contribution in [0.15, 0.2) is 23.7 Å². The number of hydrogen-bond acceptors (Lipinski definition) is 4. The van der Waals surface area contributed by atoms with Gasteiger partial charge in [0, 0.05) is 5.38 Å². The number of anilines is 1. The van der Waals surface area contributed by atoms with Crippen molar-refractivity contribution >= 4 is 22.9 Å². The van der Waals surface area contributed by atoms with E-state index in [9.17, 15) is 9.18 Å². The molecule has 82 valence electrons. The monoisotopic (exact) mass is 237 g/mol. The highest BCUT2D eigenvalue weighted by atomic mass is 32.1. The first-order chi connectivity index (χ1) is 7.65. The van der Waals surface area contributed by atoms with Gasteiger partial charge in [0.15, 0.2) is 0 Å². The molecule has 0 saturated heterocycles. The quantitative estimate of drug-likeness (QED) is 0.815. The summed E-state index contributed by atoms with van der Waals surface area (Å²) in [4.78, 5) is 19.1. The summed E-state index contributed by atoms with van der Waals surface area (Å²) < 4.78 is 12.5. The molecule has 6 heteroatoms. The van der Waals surface area contributed by atoms with E-state index < -0.39 is 5.95 Å². The number of nitrogens with one attached hydrogen (secondary N) is 1. The number of aryl methyl sites for hydroxylation is 1. The maximum Gasteiger partial charge on any atom is 0.275 e. The largest absolute Gasteiger partial charge is 0.319 e. The van der Waals surface area contributed by atoms with Gasteiger partial charge in [0.25, 0.3) is 5.91 Å². The summed E-state index contributed by atoms with van der Waals surface area (Å²) >= 11 is 1.40. The molecule has 0 aliphatic heterocycles. The molecule has 0 spiro atoms. The van der Waals surface area contributed by atoms with Crippen LogP contribution in [0.5, 0.6) is 0 Å². The minimum atomic E-state index is -0.581. The van der Waals surface area contributed by atoms with E-state index in [0.29, 0.717) is 11.4 Å². The normalized spacial score (nSPS) is 10.1. The van der Waals surface area contributed by atoms with Crippen LogP contribution in [0, 0.1) is 12.9 Å². The summed E-state index contributed by atoms with van der Waals surface area (Å²) in [6.45, 7) is 1.82. The van der Waals surface area contributed by atoms with Crippen LogP contribution in [0.2, 0.25) is 0 Å². The summed E-state index contributed by atoms with van der Waals surface area (Å²) in [6.07, 6.45) is 1.26. The molecule has 2 heterocycles. The third kappa shape index (κ3) is 2.40. The molecule has 0 fully saturated rings. The molecule has 2 aromatic rings. The maximum atomic E-state index is 12.5. The zero-order chi connectivity index (χ0) is 11.5. The number of nitrogens with zero attached hydrogens (tertiary/aromatic N) is 2. The number of aromatic nitrogens is 2. The highest BCUT2D eigenvalue weighted by Crippen LogP contribution is 2.11. The van der Waals surface area contributed by atoms with Gasteiger partial charge in [-0.05, 0) is 19.1 Å². The highest BCUT2D eigenvalue weighted by molar-refractivity contribution is 7.09. The summed E-state index contributed by atoms with van der Waals surface area (Å²) in [5, 5.41) is 5.06. The molecular weight excluding hydrogens is 229 g/mol. The second-order valence-corrected chi connectivity index (χ2v) is 4.14. The first-order valence-electron chi connectivity index (χ1n) is 4.50. The number of amides is 1. The zero-order valence-corrected chi connectivity index (χ0v) is 9.21. The molecule has 0 bridgehead atoms. The van der Waals surface area contributed by atoms with Gasteiger partial charge in [0.2, 0.25) is 5.95 Å². The SMILES string of the molecule is Cc1nc(C(=O)Nc2ccc(F)nc2)cs1. The molecule has 2 aromatic heterocycles. The highest BCUT2D eigenvalue weighted by Gasteiger charge is 2.09. The van der Waals surface area contributed by atoms with Crippen LogP contribution in [-0.2, 0) is 0 Å². The van der Waals surface area contributed by atoms with Gasteiger partial charge in [0.1, 0.15) is 5.69 Å². The van der Waals surface area contributed by atoms with Gasteiger partial charge in [-0.25, -0.2) is 9.97 Å². The first-order valence-corrected chi connectivity index (χ1v) is 5.38. The fourth-order valence-corrected chi connectivity index (χ4v) is 1.71. The molecule has 4 nitrogen and oxygen atoms in total. The van der Waals surface area contributed by atoms with Gasteiger partial charge in [-0.2, -0.15) is 4.39 Å². The van der Waals surface area contributed by atoms with Crippen molar-refractivity contribution in [3.05, 3.63) is 40.4 Å². The van der Waals surface area contributed by atoms with Crippen molar-refractivity contribution in [2.75, 3.05) is 5.32 Å². The lowest BCUT2D eigenvalue weighted by Crippen LogP contribution is -2.12. The van der Waals surface area contributed by atoms with Crippen molar-refractivity contribution in [1.29, 1.82) is 0 Å². The lowest BCUT2D eigenvalue weighted by atomic mass is 10.4. The fourth-order valence-electron chi connectivity index (χ4n) is 1.11. The van der Waals surface area contributed by atoms with Gasteiger partial charge in [-0.3, -0.25) is 4.79 Å². The maximum absolute atomic E-state index is 12.5. The van der Waals surface area contributed by atoms with E-state index in [1.807, 2.05) is 6.92 Å². The molecule has 1 amide bonds. The van der Waals surface area contributed by atoms with Crippen LogP contribution in [0.3, 0.4) is 0 Å². The Bertz CT molecular complexity index is 509. The Hall–Kier alpha value is -1.82. The van der Waals surface area contributed by atoms with Crippen molar-refractivity contribution in [3.63, 3.8) is 0 Å². The second kappa shape index (κ2) is 4.36. The molecule has 0 aliphatic rings. The minimum Gasteiger partial charge on any atom is -0.319 e. The minimum absolute atomic E-state index is 0.322. The van der Waals surface area contributed by atoms with Crippen molar-refractivity contribution in [3.8, 4) is 0 Å². The number of halogens is 1. The lowest BCUT2D eigenvalue weighted by Gasteiger charge is -2.01. The zero-order valence-electron chi connectivity index (χ0n) is 8.40. The Labute approximate surface area is 95.2 Å². The number of rotatable bonds is 2. The van der Waals surface area contributed by atoms with E-state index in [4.69, 9.17) is 0 Å². The molecular formula is C10H8FN3OS. The Morgan fingerprint density at radius 2 is 2.31 bits per heavy atom. The summed E-state index contributed by atoms with van der Waals surface area (Å²) in [6, 6.07) is 2.63. The lowest BCUT2D eigenvalue weighted by molar-refractivity contribution is 0.102. The summed E-state index contributed by atoms with van der Waals surface area (Å²) in [7, 11) is 0. The number of carbonyl (C=O) groups is 1. The van der Waals surface area contributed by atoms with E-state index in [0.717, 1.165) is 5.01 Å². The Morgan fingerprint density at radius 3 is 2.88 bits per heavy atom. The Morgan fingerprint density at radius 1 is 1.50 bits per heavy atom. The van der Waals surface area contributed by atoms with Crippen molar-refractivity contribution in [2.45, 2.75) is 6.92 Å². The van der Waals surface area contributed by atoms with E-state index >= 15 is 0 Å². The van der Waals surface area contributed by atoms with Gasteiger partial charge < -0.3 is 5.32 Å². The average molecular weight is 237 g/mol. The predicted octanol–water partition coefficient (Wildman–Crippen LogP) is 2.24. The van der Waals surface area contributed by atoms with Crippen LogP contribution in [0.4, 0.5) is 10.1 Å². The van der Waals surface area contributed by atoms with Crippen LogP contribution in [0.25, 0.3) is 0 Å². The molecule has 0 radical (unpaired) electrons. The second-order valence-electron chi connectivity index (χ2n) is 3.08. The number of carbonyl (C=O) groups excluding carboxylic acids is 1. The van der Waals surface area contributed by atoms with E-state index in [1.54, 1.807) is 5.38 Å². The molecule has 1 N–H and O–H groups in total. The molecule has 0 saturated carbocycles. The summed E-state index contributed by atoms with van der Waals surface area (Å²) in [5.74, 6) is -0.903. The predicted molar refractivity (Wildman–Crippen MR) is 59.0 cm³/mol. The van der Waals surface area contributed by atoms with Gasteiger partial charge >= 0.3 is 0 Å². The number of thiazole rings is 1. The molecule has 16 heavy (non-hydrogen) atoms. The van der Waals surface area contributed by atoms with Gasteiger partial charge in [-0.15, -0.1) is 11.3 Å². The third-order valence-electron chi connectivity index (χ3n) is 1.84. The molecule has 0 aliphatic carbocycles. The van der Waals surface area contributed by atoms with Crippen LogP contribution in [-0.4, -0.2) is 15.9 Å². The average Bonchev–Trinajstić information content (AvgIpc) is 2.68. The Kier molecular flexibility index (Phi) is 2.91. The van der Waals surface area contributed by atoms with Crippen molar-refractivity contribution < 1.29 is 9.18 Å². The van der Waals surface area contributed by atoms with Crippen LogP contribution < -0.4 is 5.32 Å². The molecule has 0 aromatic carbocycles. The van der Waals surface area contributed by atoms with Crippen molar-refractivity contribution in [2.24, 2.45) is 0 Å². The standard InChI is InChI=1S/C10H8FN3OS/c1-6-13-8(5-16-6)10(15)14-7-2-3-9(11)12-4-7/h2-5H,1H3,(H,14,15). The number of hydrogen-bond donors (Lipinski definition) is 1. The van der Waals surface area contributed by atoms with Gasteiger partial charge in [-0.1, -0.05) is 0 Å². The van der Waals surface area contributed by atoms with Gasteiger partial charge in [0.05, 0.1) is 16.9 Å². The fraction of sp³-hybridized carbons (Fsp3) is 0.100. The van der Waals surface area contributed by atoms with Crippen molar-refractivity contribution in [1.82, 2.24) is 9.97 Å². The molecule has 2 rings (SSSR count). The van der Waals surface area contributed by atoms with Crippen LogP contribution in [0.1, 0.15) is 15.5 Å². The third-order valence-corrected chi connectivity index (χ3v) is 2.61. The summed E-state index contributed by atoms with van der Waals surface area (Å²) in [5.41, 5.74) is 0.795. The topological polar surface area (TPSA) is 54.9 Å². The Balaban J connectivity index is 2.10. The smallest absolute Gasteiger partial charge is 0.275 e. The number of pyridine rings is 1. The first kappa shape index (κ1) is 10.7. The van der Waals surface area contributed by atoms with E-state index in [2.05, 4.69) is 15.3 Å². The van der Waals surface area contributed by atoms with Crippen LogP contribution >= 0.6 is 11.3 Å². The molecule has 0 unspecified atom stereocenters. The molecule has 0 atom stereocenters.